The van der Waals surface area contributed by atoms with Crippen molar-refractivity contribution < 1.29 is 14.3 Å². The minimum absolute atomic E-state index is 0.0861. The molecule has 3 heterocycles. The van der Waals surface area contributed by atoms with Gasteiger partial charge in [0.05, 0.1) is 11.7 Å². The lowest BCUT2D eigenvalue weighted by atomic mass is 9.89. The molecular weight excluding hydrogens is 390 g/mol. The third-order valence-corrected chi connectivity index (χ3v) is 6.58. The van der Waals surface area contributed by atoms with E-state index in [1.54, 1.807) is 29.5 Å². The van der Waals surface area contributed by atoms with Crippen molar-refractivity contribution in [3.8, 4) is 11.5 Å². The molecule has 0 bridgehead atoms. The first-order valence-corrected chi connectivity index (χ1v) is 10.6. The van der Waals surface area contributed by atoms with E-state index in [9.17, 15) is 9.59 Å². The Hall–Kier alpha value is -2.87. The number of rotatable bonds is 3. The van der Waals surface area contributed by atoms with Crippen LogP contribution in [-0.4, -0.2) is 28.7 Å². The SMILES string of the molecule is C[C@H]1CCc2c(sc3ncn(CC(=O)Nc4ccc5c(c4)OCCO5)c(=O)c23)C1. The largest absolute Gasteiger partial charge is 0.486 e. The van der Waals surface area contributed by atoms with E-state index in [2.05, 4.69) is 17.2 Å². The molecular formula is C21H21N3O4S. The molecule has 0 unspecified atom stereocenters. The molecule has 0 saturated carbocycles. The highest BCUT2D eigenvalue weighted by molar-refractivity contribution is 7.18. The molecule has 0 radical (unpaired) electrons. The third-order valence-electron chi connectivity index (χ3n) is 5.42. The Bertz CT molecular complexity index is 1170. The zero-order chi connectivity index (χ0) is 20.0. The molecule has 7 nitrogen and oxygen atoms in total. The molecule has 5 rings (SSSR count). The number of aromatic nitrogens is 2. The number of amides is 1. The molecule has 2 aliphatic rings. The summed E-state index contributed by atoms with van der Waals surface area (Å²) in [6.07, 6.45) is 4.46. The average Bonchev–Trinajstić information content (AvgIpc) is 3.08. The van der Waals surface area contributed by atoms with Gasteiger partial charge in [0.1, 0.15) is 24.6 Å². The molecule has 1 atom stereocenters. The molecule has 1 N–H and O–H groups in total. The molecule has 1 aliphatic heterocycles. The van der Waals surface area contributed by atoms with Crippen LogP contribution in [-0.2, 0) is 24.2 Å². The Morgan fingerprint density at radius 2 is 2.14 bits per heavy atom. The number of fused-ring (bicyclic) bond motifs is 4. The summed E-state index contributed by atoms with van der Waals surface area (Å²) >= 11 is 1.61. The summed E-state index contributed by atoms with van der Waals surface area (Å²) in [5.74, 6) is 1.61. The maximum Gasteiger partial charge on any atom is 0.262 e. The van der Waals surface area contributed by atoms with E-state index in [-0.39, 0.29) is 18.0 Å². The van der Waals surface area contributed by atoms with Gasteiger partial charge in [-0.2, -0.15) is 0 Å². The first-order chi connectivity index (χ1) is 14.1. The predicted molar refractivity (Wildman–Crippen MR) is 111 cm³/mol. The van der Waals surface area contributed by atoms with Gasteiger partial charge in [-0.15, -0.1) is 11.3 Å². The van der Waals surface area contributed by atoms with Gasteiger partial charge in [0.15, 0.2) is 11.5 Å². The van der Waals surface area contributed by atoms with Crippen LogP contribution in [0.4, 0.5) is 5.69 Å². The first-order valence-electron chi connectivity index (χ1n) is 9.77. The van der Waals surface area contributed by atoms with Crippen LogP contribution in [0.5, 0.6) is 11.5 Å². The van der Waals surface area contributed by atoms with E-state index in [1.807, 2.05) is 0 Å². The molecule has 0 fully saturated rings. The molecule has 1 amide bonds. The monoisotopic (exact) mass is 411 g/mol. The van der Waals surface area contributed by atoms with Crippen LogP contribution in [0.1, 0.15) is 23.8 Å². The Morgan fingerprint density at radius 1 is 1.31 bits per heavy atom. The van der Waals surface area contributed by atoms with Gasteiger partial charge in [-0.3, -0.25) is 14.2 Å². The number of hydrogen-bond donors (Lipinski definition) is 1. The molecule has 0 saturated heterocycles. The number of nitrogens with one attached hydrogen (secondary N) is 1. The summed E-state index contributed by atoms with van der Waals surface area (Å²) in [6.45, 7) is 3.15. The second kappa shape index (κ2) is 7.18. The maximum atomic E-state index is 13.0. The Labute approximate surface area is 171 Å². The van der Waals surface area contributed by atoms with E-state index >= 15 is 0 Å². The van der Waals surface area contributed by atoms with Gasteiger partial charge >= 0.3 is 0 Å². The minimum Gasteiger partial charge on any atom is -0.486 e. The van der Waals surface area contributed by atoms with Crippen LogP contribution in [0.3, 0.4) is 0 Å². The van der Waals surface area contributed by atoms with Gasteiger partial charge in [-0.1, -0.05) is 6.92 Å². The van der Waals surface area contributed by atoms with Crippen LogP contribution in [0.2, 0.25) is 0 Å². The van der Waals surface area contributed by atoms with E-state index in [4.69, 9.17) is 9.47 Å². The third kappa shape index (κ3) is 3.37. The van der Waals surface area contributed by atoms with Crippen LogP contribution >= 0.6 is 11.3 Å². The summed E-state index contributed by atoms with van der Waals surface area (Å²) in [6, 6.07) is 5.25. The number of thiophene rings is 1. The van der Waals surface area contributed by atoms with Gasteiger partial charge in [0.2, 0.25) is 5.91 Å². The van der Waals surface area contributed by atoms with Crippen molar-refractivity contribution in [1.82, 2.24) is 9.55 Å². The van der Waals surface area contributed by atoms with Gasteiger partial charge in [0.25, 0.3) is 5.56 Å². The summed E-state index contributed by atoms with van der Waals surface area (Å²) < 4.78 is 12.4. The summed E-state index contributed by atoms with van der Waals surface area (Å²) in [5.41, 5.74) is 1.59. The smallest absolute Gasteiger partial charge is 0.262 e. The summed E-state index contributed by atoms with van der Waals surface area (Å²) in [4.78, 5) is 32.1. The Balaban J connectivity index is 1.38. The highest BCUT2D eigenvalue weighted by Gasteiger charge is 2.23. The summed E-state index contributed by atoms with van der Waals surface area (Å²) in [5, 5.41) is 3.50. The lowest BCUT2D eigenvalue weighted by molar-refractivity contribution is -0.116. The van der Waals surface area contributed by atoms with Crippen molar-refractivity contribution in [2.24, 2.45) is 5.92 Å². The van der Waals surface area contributed by atoms with Gasteiger partial charge in [-0.25, -0.2) is 4.98 Å². The number of nitrogens with zero attached hydrogens (tertiary/aromatic N) is 2. The van der Waals surface area contributed by atoms with E-state index in [0.717, 1.165) is 29.7 Å². The quantitative estimate of drug-likeness (QED) is 0.717. The number of benzene rings is 1. The number of aryl methyl sites for hydroxylation is 1. The molecule has 3 aromatic rings. The lowest BCUT2D eigenvalue weighted by Gasteiger charge is -2.19. The molecule has 1 aliphatic carbocycles. The summed E-state index contributed by atoms with van der Waals surface area (Å²) in [7, 11) is 0. The van der Waals surface area contributed by atoms with Crippen molar-refractivity contribution >= 4 is 33.1 Å². The Morgan fingerprint density at radius 3 is 3.00 bits per heavy atom. The fourth-order valence-electron chi connectivity index (χ4n) is 3.96. The topological polar surface area (TPSA) is 82.5 Å². The number of hydrogen-bond acceptors (Lipinski definition) is 6. The van der Waals surface area contributed by atoms with Crippen LogP contribution in [0.25, 0.3) is 10.2 Å². The fraction of sp³-hybridized carbons (Fsp3) is 0.381. The highest BCUT2D eigenvalue weighted by Crippen LogP contribution is 2.35. The van der Waals surface area contributed by atoms with Crippen molar-refractivity contribution in [2.45, 2.75) is 32.7 Å². The van der Waals surface area contributed by atoms with Gasteiger partial charge in [-0.05, 0) is 42.9 Å². The van der Waals surface area contributed by atoms with E-state index in [1.165, 1.54) is 15.8 Å². The predicted octanol–water partition coefficient (Wildman–Crippen LogP) is 2.99. The molecule has 8 heteroatoms. The number of carbonyl (C=O) groups excluding carboxylic acids is 1. The van der Waals surface area contributed by atoms with Crippen molar-refractivity contribution in [2.75, 3.05) is 18.5 Å². The molecule has 29 heavy (non-hydrogen) atoms. The molecule has 1 aromatic carbocycles. The maximum absolute atomic E-state index is 13.0. The van der Waals surface area contributed by atoms with Gasteiger partial charge < -0.3 is 14.8 Å². The van der Waals surface area contributed by atoms with E-state index < -0.39 is 0 Å². The van der Waals surface area contributed by atoms with E-state index in [0.29, 0.717) is 41.7 Å². The van der Waals surface area contributed by atoms with Crippen molar-refractivity contribution in [3.63, 3.8) is 0 Å². The average molecular weight is 411 g/mol. The normalized spacial score (nSPS) is 17.8. The van der Waals surface area contributed by atoms with Gasteiger partial charge in [0, 0.05) is 16.6 Å². The number of carbonyl (C=O) groups is 1. The molecule has 2 aromatic heterocycles. The number of ether oxygens (including phenoxy) is 2. The zero-order valence-electron chi connectivity index (χ0n) is 16.1. The lowest BCUT2D eigenvalue weighted by Crippen LogP contribution is -2.28. The minimum atomic E-state index is -0.289. The second-order valence-electron chi connectivity index (χ2n) is 7.62. The van der Waals surface area contributed by atoms with Crippen molar-refractivity contribution in [3.05, 3.63) is 45.3 Å². The van der Waals surface area contributed by atoms with Crippen molar-refractivity contribution in [1.29, 1.82) is 0 Å². The number of anilines is 1. The van der Waals surface area contributed by atoms with Crippen LogP contribution < -0.4 is 20.3 Å². The zero-order valence-corrected chi connectivity index (χ0v) is 16.9. The van der Waals surface area contributed by atoms with Crippen LogP contribution in [0, 0.1) is 5.92 Å². The Kier molecular flexibility index (Phi) is 4.50. The molecule has 150 valence electrons. The molecule has 0 spiro atoms. The standard InChI is InChI=1S/C21H21N3O4S/c1-12-2-4-14-17(8-12)29-20-19(14)21(26)24(11-22-20)10-18(25)23-13-3-5-15-16(9-13)28-7-6-27-15/h3,5,9,11-12H,2,4,6-8,10H2,1H3,(H,23,25)/t12-/m0/s1. The van der Waals surface area contributed by atoms with Crippen LogP contribution in [0.15, 0.2) is 29.3 Å². The fourth-order valence-corrected chi connectivity index (χ4v) is 5.30. The highest BCUT2D eigenvalue weighted by atomic mass is 32.1. The second-order valence-corrected chi connectivity index (χ2v) is 8.70. The first kappa shape index (κ1) is 18.2.